The molecule has 4 N–H and O–H groups in total. The molecule has 5 aromatic heterocycles. The molecule has 24 heteroatoms. The number of hydrogen-bond acceptors (Lipinski definition) is 15. The number of carbonyl (C=O) groups excluding carboxylic acids is 2. The summed E-state index contributed by atoms with van der Waals surface area (Å²) in [6.07, 6.45) is 2.84. The molecule has 0 radical (unpaired) electrons. The second-order valence-corrected chi connectivity index (χ2v) is 18.8. The molecule has 69 heavy (non-hydrogen) atoms. The molecule has 0 spiro atoms. The number of aromatic nitrogens is 6. The summed E-state index contributed by atoms with van der Waals surface area (Å²) < 4.78 is 87.0. The topological polar surface area (TPSA) is 274 Å². The summed E-state index contributed by atoms with van der Waals surface area (Å²) in [6, 6.07) is 15.9. The van der Waals surface area contributed by atoms with E-state index in [1.165, 1.54) is 40.5 Å². The molecule has 4 aliphatic heterocycles. The van der Waals surface area contributed by atoms with Crippen molar-refractivity contribution >= 4 is 54.7 Å². The lowest BCUT2D eigenvalue weighted by Crippen LogP contribution is -2.44. The van der Waals surface area contributed by atoms with Crippen LogP contribution in [-0.2, 0) is 79.7 Å². The van der Waals surface area contributed by atoms with Crippen LogP contribution in [0.25, 0.3) is 44.6 Å². The van der Waals surface area contributed by atoms with Crippen molar-refractivity contribution in [3.63, 3.8) is 0 Å². The van der Waals surface area contributed by atoms with Gasteiger partial charge in [0, 0.05) is 39.9 Å². The normalized spacial score (nSPS) is 18.6. The summed E-state index contributed by atoms with van der Waals surface area (Å²) in [6.45, 7) is 5.09. The molecule has 2 atom stereocenters. The van der Waals surface area contributed by atoms with Gasteiger partial charge in [0.1, 0.15) is 30.5 Å². The van der Waals surface area contributed by atoms with E-state index in [-0.39, 0.29) is 66.3 Å². The monoisotopic (exact) mass is 990 g/mol. The largest absolute Gasteiger partial charge is 0.521 e. The number of rotatable bonds is 5. The summed E-state index contributed by atoms with van der Waals surface area (Å²) >= 11 is 0. The number of carbonyl (C=O) groups is 1. The van der Waals surface area contributed by atoms with Gasteiger partial charge in [0.05, 0.1) is 65.1 Å². The number of imidazole rings is 1. The van der Waals surface area contributed by atoms with E-state index in [1.807, 2.05) is 6.07 Å². The highest BCUT2D eigenvalue weighted by Gasteiger charge is 2.51. The number of aryl methyl sites for hydroxylation is 1. The van der Waals surface area contributed by atoms with Crippen LogP contribution in [0.15, 0.2) is 82.6 Å². The third kappa shape index (κ3) is 7.87. The first kappa shape index (κ1) is 46.7. The number of aliphatic hydroxyl groups is 2. The summed E-state index contributed by atoms with van der Waals surface area (Å²) in [5.74, 6) is -1.01. The number of phenols is 1. The molecule has 20 nitrogen and oxygen atoms in total. The van der Waals surface area contributed by atoms with E-state index in [1.54, 1.807) is 61.9 Å². The van der Waals surface area contributed by atoms with Crippen LogP contribution in [0.5, 0.6) is 11.5 Å². The third-order valence-electron chi connectivity index (χ3n) is 12.7. The fourth-order valence-corrected chi connectivity index (χ4v) is 9.86. The molecule has 0 saturated heterocycles. The van der Waals surface area contributed by atoms with Crippen molar-refractivity contribution in [1.82, 2.24) is 23.1 Å². The molecule has 0 bridgehead atoms. The first-order valence-corrected chi connectivity index (χ1v) is 23.7. The fraction of sp³-hybridized carbons (Fsp3) is 0.267. The molecule has 4 aliphatic rings. The Morgan fingerprint density at radius 3 is 1.80 bits per heavy atom. The fourth-order valence-electron chi connectivity index (χ4n) is 8.88. The molecule has 0 unspecified atom stereocenters. The van der Waals surface area contributed by atoms with Crippen LogP contribution in [0.1, 0.15) is 65.9 Å². The van der Waals surface area contributed by atoms with Crippen molar-refractivity contribution in [3.05, 3.63) is 133 Å². The summed E-state index contributed by atoms with van der Waals surface area (Å²) in [5, 5.41) is 32.7. The van der Waals surface area contributed by atoms with Crippen LogP contribution < -0.4 is 19.9 Å². The molecule has 358 valence electrons. The predicted octanol–water partition coefficient (Wildman–Crippen LogP) is 3.12. The highest BCUT2D eigenvalue weighted by atomic mass is 32.3. The number of cyclic esters (lactones) is 2. The van der Waals surface area contributed by atoms with E-state index in [4.69, 9.17) is 9.47 Å². The highest BCUT2D eigenvalue weighted by molar-refractivity contribution is 7.84. The van der Waals surface area contributed by atoms with E-state index in [2.05, 4.69) is 14.2 Å². The zero-order valence-electron chi connectivity index (χ0n) is 36.8. The number of esters is 2. The Morgan fingerprint density at radius 2 is 1.30 bits per heavy atom. The Kier molecular flexibility index (Phi) is 11.1. The Morgan fingerprint density at radius 1 is 0.783 bits per heavy atom. The second-order valence-electron chi connectivity index (χ2n) is 16.6. The third-order valence-corrected chi connectivity index (χ3v) is 13.9. The zero-order chi connectivity index (χ0) is 49.7. The molecule has 0 saturated carbocycles. The molecule has 0 fully saturated rings. The zero-order valence-corrected chi connectivity index (χ0v) is 38.4. The number of ether oxygens (including phenoxy) is 2. The molecular weight excluding hydrogens is 951 g/mol. The van der Waals surface area contributed by atoms with Crippen LogP contribution in [0.2, 0.25) is 0 Å². The van der Waals surface area contributed by atoms with Crippen molar-refractivity contribution in [2.75, 3.05) is 0 Å². The number of nitrogens with zero attached hydrogens (tertiary/aromatic N) is 6. The number of benzene rings is 2. The highest BCUT2D eigenvalue weighted by Crippen LogP contribution is 2.41. The average Bonchev–Trinajstić information content (AvgIpc) is 3.96. The molecule has 11 rings (SSSR count). The lowest BCUT2D eigenvalue weighted by Gasteiger charge is -2.31. The number of pyridine rings is 4. The summed E-state index contributed by atoms with van der Waals surface area (Å²) in [7, 11) is -8.14. The van der Waals surface area contributed by atoms with Gasteiger partial charge in [-0.3, -0.25) is 9.59 Å². The molecule has 2 aromatic carbocycles. The van der Waals surface area contributed by atoms with E-state index >= 15 is 0 Å². The minimum Gasteiger partial charge on any atom is -0.508 e. The number of fused-ring (bicyclic) bond motifs is 10. The second kappa shape index (κ2) is 16.4. The van der Waals surface area contributed by atoms with Gasteiger partial charge in [0.15, 0.2) is 5.60 Å². The van der Waals surface area contributed by atoms with Crippen molar-refractivity contribution in [2.45, 2.75) is 71.1 Å². The van der Waals surface area contributed by atoms with E-state index in [0.29, 0.717) is 72.2 Å². The van der Waals surface area contributed by atoms with Gasteiger partial charge < -0.3 is 42.9 Å². The first-order valence-electron chi connectivity index (χ1n) is 21.0. The minimum atomic E-state index is -5.16. The smallest absolute Gasteiger partial charge is 0.508 e. The van der Waals surface area contributed by atoms with Gasteiger partial charge in [0.2, 0.25) is 12.2 Å². The van der Waals surface area contributed by atoms with Crippen LogP contribution in [0.3, 0.4) is 0 Å². The van der Waals surface area contributed by atoms with E-state index in [0.717, 1.165) is 17.1 Å². The van der Waals surface area contributed by atoms with Crippen LogP contribution in [0.4, 0.5) is 7.77 Å². The SMILES string of the molecule is CC[C@@]1(O)C(=O)OCc2c1cc1n(c2=O)Cc2cc3cc(OS(=O)(=O)F)ccc3nc2-1.CC[C@@]1(O)C(=[OH+])OCc2c1cc1n(c2=O)Cc2cc3cc(O)ccc3nc2-1.Cc1n(S(=O)(=O)F)cc[n+]1C. The van der Waals surface area contributed by atoms with E-state index < -0.39 is 44.1 Å². The van der Waals surface area contributed by atoms with Crippen LogP contribution >= 0.6 is 0 Å². The van der Waals surface area contributed by atoms with Gasteiger partial charge >= 0.3 is 32.9 Å². The summed E-state index contributed by atoms with van der Waals surface area (Å²) in [5.41, 5.74) is 1.78. The maximum atomic E-state index is 13.1. The predicted molar refractivity (Wildman–Crippen MR) is 239 cm³/mol. The molecule has 0 amide bonds. The van der Waals surface area contributed by atoms with Crippen molar-refractivity contribution < 1.29 is 67.7 Å². The molecule has 0 aliphatic carbocycles. The minimum absolute atomic E-state index is 0.0417. The van der Waals surface area contributed by atoms with Crippen LogP contribution in [0, 0.1) is 6.92 Å². The maximum absolute atomic E-state index is 13.1. The standard InChI is InChI=1S/C20H15FN2O7S.C20H16N2O5.C5H8FN2O2S/c1-2-20(26)14-7-16-17-11(8-23(16)18(24)13(14)9-29-19(20)25)5-10-6-12(30-31(21,27)28)3-4-15(10)22-17;1-2-20(26)14-7-16-17-11(5-10-6-12(23)3-4-15(10)21-17)8-22(16)18(24)13(14)9-27-19(20)25;1-5-7(2)3-4-8(5)11(6,9)10/h3-7,26H,2,8-9H2,1H3;3-7,23,26H,2,8-9H2,1H3;3-4H,1-2H3/q;;+1/p+1/t2*20-;/m00./s1. The van der Waals surface area contributed by atoms with Gasteiger partial charge in [-0.1, -0.05) is 25.6 Å². The lowest BCUT2D eigenvalue weighted by atomic mass is 9.86. The lowest BCUT2D eigenvalue weighted by molar-refractivity contribution is -0.676. The van der Waals surface area contributed by atoms with Crippen LogP contribution in [-0.4, -0.2) is 72.0 Å². The van der Waals surface area contributed by atoms with Gasteiger partial charge in [-0.2, -0.15) is 16.8 Å². The number of hydrogen-bond donors (Lipinski definition) is 3. The van der Waals surface area contributed by atoms with Gasteiger partial charge in [-0.15, -0.1) is 0 Å². The van der Waals surface area contributed by atoms with Gasteiger partial charge in [0.25, 0.3) is 16.9 Å². The summed E-state index contributed by atoms with van der Waals surface area (Å²) in [4.78, 5) is 57.6. The Labute approximate surface area is 389 Å². The van der Waals surface area contributed by atoms with Gasteiger partial charge in [-0.05, 0) is 73.5 Å². The first-order chi connectivity index (χ1) is 32.4. The van der Waals surface area contributed by atoms with Gasteiger partial charge in [-0.25, -0.2) is 19.3 Å². The van der Waals surface area contributed by atoms with Crippen molar-refractivity contribution in [1.29, 1.82) is 0 Å². The van der Waals surface area contributed by atoms with Crippen molar-refractivity contribution in [2.24, 2.45) is 7.05 Å². The quantitative estimate of drug-likeness (QED) is 0.0968. The number of aromatic hydroxyl groups is 1. The molecule has 7 aromatic rings. The number of phenolic OH excluding ortho intramolecular Hbond substituents is 1. The average molecular weight is 991 g/mol. The Hall–Kier alpha value is -7.41. The number of halogens is 2. The van der Waals surface area contributed by atoms with E-state index in [9.17, 15) is 59.1 Å². The Balaban J connectivity index is 0.000000142. The maximum Gasteiger partial charge on any atom is 0.521 e. The Bertz CT molecular complexity index is 3760. The molecule has 9 heterocycles. The van der Waals surface area contributed by atoms with Crippen molar-refractivity contribution in [3.8, 4) is 34.3 Å². The molecular formula is C45H40F2N6O14S2+2.